The van der Waals surface area contributed by atoms with Gasteiger partial charge in [0.15, 0.2) is 11.5 Å². The van der Waals surface area contributed by atoms with Gasteiger partial charge in [-0.25, -0.2) is 0 Å². The highest BCUT2D eigenvalue weighted by Gasteiger charge is 2.06. The SMILES string of the molecule is COc1cc(C=O)ccc1OCCCOc1c(C)cccc1C. The van der Waals surface area contributed by atoms with E-state index in [0.29, 0.717) is 30.3 Å². The molecule has 0 amide bonds. The van der Waals surface area contributed by atoms with Gasteiger partial charge in [0.2, 0.25) is 0 Å². The summed E-state index contributed by atoms with van der Waals surface area (Å²) >= 11 is 0. The molecule has 23 heavy (non-hydrogen) atoms. The molecule has 0 aliphatic rings. The third-order valence-corrected chi connectivity index (χ3v) is 3.53. The lowest BCUT2D eigenvalue weighted by molar-refractivity contribution is 0.112. The van der Waals surface area contributed by atoms with Crippen molar-refractivity contribution in [1.82, 2.24) is 0 Å². The van der Waals surface area contributed by atoms with Crippen molar-refractivity contribution in [2.45, 2.75) is 20.3 Å². The lowest BCUT2D eigenvalue weighted by Crippen LogP contribution is -2.07. The Morgan fingerprint density at radius 1 is 0.957 bits per heavy atom. The third kappa shape index (κ3) is 4.49. The normalized spacial score (nSPS) is 10.2. The quantitative estimate of drug-likeness (QED) is 0.546. The van der Waals surface area contributed by atoms with Gasteiger partial charge >= 0.3 is 0 Å². The molecular formula is C19H22O4. The zero-order valence-electron chi connectivity index (χ0n) is 13.8. The molecule has 2 rings (SSSR count). The zero-order valence-corrected chi connectivity index (χ0v) is 13.8. The van der Waals surface area contributed by atoms with Gasteiger partial charge < -0.3 is 14.2 Å². The van der Waals surface area contributed by atoms with Gasteiger partial charge in [-0.3, -0.25) is 4.79 Å². The van der Waals surface area contributed by atoms with Crippen LogP contribution in [0.15, 0.2) is 36.4 Å². The summed E-state index contributed by atoms with van der Waals surface area (Å²) in [5.41, 5.74) is 2.83. The van der Waals surface area contributed by atoms with Gasteiger partial charge in [-0.1, -0.05) is 18.2 Å². The van der Waals surface area contributed by atoms with Crippen LogP contribution in [0.4, 0.5) is 0 Å². The number of carbonyl (C=O) groups excluding carboxylic acids is 1. The molecule has 4 nitrogen and oxygen atoms in total. The average molecular weight is 314 g/mol. The number of para-hydroxylation sites is 1. The Bertz CT molecular complexity index is 644. The first-order valence-corrected chi connectivity index (χ1v) is 7.60. The number of aldehydes is 1. The molecule has 122 valence electrons. The average Bonchev–Trinajstić information content (AvgIpc) is 2.57. The number of methoxy groups -OCH3 is 1. The second-order valence-corrected chi connectivity index (χ2v) is 5.30. The minimum atomic E-state index is 0.516. The molecule has 0 bridgehead atoms. The van der Waals surface area contributed by atoms with Crippen LogP contribution in [0.2, 0.25) is 0 Å². The number of rotatable bonds is 8. The Hall–Kier alpha value is -2.49. The number of ether oxygens (including phenoxy) is 3. The second-order valence-electron chi connectivity index (χ2n) is 5.30. The maximum absolute atomic E-state index is 10.8. The summed E-state index contributed by atoms with van der Waals surface area (Å²) in [4.78, 5) is 10.8. The summed E-state index contributed by atoms with van der Waals surface area (Å²) in [6, 6.07) is 11.2. The Balaban J connectivity index is 1.83. The summed E-state index contributed by atoms with van der Waals surface area (Å²) in [7, 11) is 1.56. The highest BCUT2D eigenvalue weighted by molar-refractivity contribution is 5.76. The van der Waals surface area contributed by atoms with E-state index in [9.17, 15) is 4.79 Å². The van der Waals surface area contributed by atoms with E-state index in [1.165, 1.54) is 0 Å². The van der Waals surface area contributed by atoms with Crippen LogP contribution in [0, 0.1) is 13.8 Å². The molecule has 2 aromatic carbocycles. The van der Waals surface area contributed by atoms with Gasteiger partial charge in [0.25, 0.3) is 0 Å². The van der Waals surface area contributed by atoms with Crippen LogP contribution in [0.25, 0.3) is 0 Å². The molecule has 0 aliphatic heterocycles. The minimum absolute atomic E-state index is 0.516. The van der Waals surface area contributed by atoms with Crippen LogP contribution in [0.1, 0.15) is 27.9 Å². The highest BCUT2D eigenvalue weighted by Crippen LogP contribution is 2.27. The molecule has 0 aliphatic carbocycles. The molecule has 0 aromatic heterocycles. The van der Waals surface area contributed by atoms with E-state index in [1.807, 2.05) is 32.0 Å². The molecule has 0 unspecified atom stereocenters. The van der Waals surface area contributed by atoms with Crippen LogP contribution in [-0.4, -0.2) is 26.6 Å². The number of aryl methyl sites for hydroxylation is 2. The van der Waals surface area contributed by atoms with Crippen LogP contribution >= 0.6 is 0 Å². The van der Waals surface area contributed by atoms with Gasteiger partial charge in [0, 0.05) is 12.0 Å². The molecule has 0 saturated heterocycles. The minimum Gasteiger partial charge on any atom is -0.493 e. The van der Waals surface area contributed by atoms with Gasteiger partial charge in [0.05, 0.1) is 20.3 Å². The van der Waals surface area contributed by atoms with E-state index in [4.69, 9.17) is 14.2 Å². The van der Waals surface area contributed by atoms with E-state index in [2.05, 4.69) is 0 Å². The lowest BCUT2D eigenvalue weighted by atomic mass is 10.1. The van der Waals surface area contributed by atoms with Gasteiger partial charge in [-0.05, 0) is 43.2 Å². The molecule has 0 saturated carbocycles. The maximum atomic E-state index is 10.8. The predicted octanol–water partition coefficient (Wildman–Crippen LogP) is 3.97. The standard InChI is InChI=1S/C19H22O4/c1-14-6-4-7-15(2)19(14)23-11-5-10-22-17-9-8-16(13-20)12-18(17)21-3/h4,6-9,12-13H,5,10-11H2,1-3H3. The molecule has 4 heteroatoms. The van der Waals surface area contributed by atoms with E-state index in [0.717, 1.165) is 29.6 Å². The molecule has 0 heterocycles. The smallest absolute Gasteiger partial charge is 0.161 e. The summed E-state index contributed by atoms with van der Waals surface area (Å²) in [5.74, 6) is 2.14. The van der Waals surface area contributed by atoms with E-state index < -0.39 is 0 Å². The van der Waals surface area contributed by atoms with Crippen LogP contribution in [0.5, 0.6) is 17.2 Å². The number of benzene rings is 2. The fourth-order valence-electron chi connectivity index (χ4n) is 2.32. The van der Waals surface area contributed by atoms with Crippen molar-refractivity contribution >= 4 is 6.29 Å². The van der Waals surface area contributed by atoms with Crippen molar-refractivity contribution in [3.05, 3.63) is 53.1 Å². The molecule has 0 radical (unpaired) electrons. The van der Waals surface area contributed by atoms with E-state index >= 15 is 0 Å². The first-order chi connectivity index (χ1) is 11.2. The largest absolute Gasteiger partial charge is 0.493 e. The van der Waals surface area contributed by atoms with Crippen molar-refractivity contribution in [2.75, 3.05) is 20.3 Å². The fraction of sp³-hybridized carbons (Fsp3) is 0.316. The number of hydrogen-bond acceptors (Lipinski definition) is 4. The zero-order chi connectivity index (χ0) is 16.7. The molecule has 0 N–H and O–H groups in total. The Labute approximate surface area is 137 Å². The third-order valence-electron chi connectivity index (χ3n) is 3.53. The molecule has 0 atom stereocenters. The second kappa shape index (κ2) is 8.22. The van der Waals surface area contributed by atoms with Crippen molar-refractivity contribution in [3.8, 4) is 17.2 Å². The van der Waals surface area contributed by atoms with Gasteiger partial charge in [-0.2, -0.15) is 0 Å². The molecule has 0 fully saturated rings. The Morgan fingerprint density at radius 2 is 1.65 bits per heavy atom. The van der Waals surface area contributed by atoms with Crippen molar-refractivity contribution in [1.29, 1.82) is 0 Å². The van der Waals surface area contributed by atoms with E-state index in [-0.39, 0.29) is 0 Å². The molecule has 0 spiro atoms. The predicted molar refractivity (Wildman–Crippen MR) is 89.9 cm³/mol. The first kappa shape index (κ1) is 16.9. The van der Waals surface area contributed by atoms with Crippen LogP contribution in [0.3, 0.4) is 0 Å². The van der Waals surface area contributed by atoms with Crippen molar-refractivity contribution in [3.63, 3.8) is 0 Å². The monoisotopic (exact) mass is 314 g/mol. The summed E-state index contributed by atoms with van der Waals surface area (Å²) in [5, 5.41) is 0. The summed E-state index contributed by atoms with van der Waals surface area (Å²) < 4.78 is 16.8. The number of carbonyl (C=O) groups is 1. The van der Waals surface area contributed by atoms with Crippen molar-refractivity contribution < 1.29 is 19.0 Å². The lowest BCUT2D eigenvalue weighted by Gasteiger charge is -2.13. The fourth-order valence-corrected chi connectivity index (χ4v) is 2.32. The topological polar surface area (TPSA) is 44.8 Å². The van der Waals surface area contributed by atoms with Gasteiger partial charge in [0.1, 0.15) is 12.0 Å². The molecule has 2 aromatic rings. The van der Waals surface area contributed by atoms with E-state index in [1.54, 1.807) is 25.3 Å². The maximum Gasteiger partial charge on any atom is 0.161 e. The van der Waals surface area contributed by atoms with Crippen molar-refractivity contribution in [2.24, 2.45) is 0 Å². The Morgan fingerprint density at radius 3 is 2.30 bits per heavy atom. The summed E-state index contributed by atoms with van der Waals surface area (Å²) in [6.45, 7) is 5.18. The van der Waals surface area contributed by atoms with Gasteiger partial charge in [-0.15, -0.1) is 0 Å². The number of hydrogen-bond donors (Lipinski definition) is 0. The first-order valence-electron chi connectivity index (χ1n) is 7.60. The highest BCUT2D eigenvalue weighted by atomic mass is 16.5. The van der Waals surface area contributed by atoms with Crippen LogP contribution in [-0.2, 0) is 0 Å². The molecular weight excluding hydrogens is 292 g/mol. The van der Waals surface area contributed by atoms with Crippen LogP contribution < -0.4 is 14.2 Å². The Kier molecular flexibility index (Phi) is 6.03. The summed E-state index contributed by atoms with van der Waals surface area (Å²) in [6.07, 6.45) is 1.54.